The lowest BCUT2D eigenvalue weighted by Gasteiger charge is -2.06. The number of amides is 1. The number of benzene rings is 2. The van der Waals surface area contributed by atoms with E-state index in [1.165, 1.54) is 18.2 Å². The van der Waals surface area contributed by atoms with Crippen LogP contribution in [-0.4, -0.2) is 16.1 Å². The fourth-order valence-electron chi connectivity index (χ4n) is 1.34. The summed E-state index contributed by atoms with van der Waals surface area (Å²) in [4.78, 5) is 11.7. The van der Waals surface area contributed by atoms with E-state index in [0.29, 0.717) is 11.3 Å². The Morgan fingerprint density at radius 1 is 1.18 bits per heavy atom. The van der Waals surface area contributed by atoms with E-state index in [-0.39, 0.29) is 17.4 Å². The van der Waals surface area contributed by atoms with Gasteiger partial charge in [-0.2, -0.15) is 0 Å². The predicted octanol–water partition coefficient (Wildman–Crippen LogP) is 2.15. The highest BCUT2D eigenvalue weighted by atomic mass is 16.3. The molecule has 1 radical (unpaired) electrons. The molecule has 2 aromatic carbocycles. The van der Waals surface area contributed by atoms with Gasteiger partial charge < -0.3 is 15.5 Å². The molecule has 2 aromatic rings. The normalized spacial score (nSPS) is 9.88. The second-order valence-corrected chi connectivity index (χ2v) is 3.45. The second-order valence-electron chi connectivity index (χ2n) is 3.45. The van der Waals surface area contributed by atoms with E-state index in [1.807, 2.05) is 0 Å². The first-order valence-electron chi connectivity index (χ1n) is 4.96. The van der Waals surface area contributed by atoms with Gasteiger partial charge in [-0.25, -0.2) is 0 Å². The van der Waals surface area contributed by atoms with Crippen molar-refractivity contribution in [2.24, 2.45) is 0 Å². The summed E-state index contributed by atoms with van der Waals surface area (Å²) in [5.41, 5.74) is 0.884. The SMILES string of the molecule is O=C(Nc1ccc(O)c(O)c1)c1c[c]ccc1. The van der Waals surface area contributed by atoms with Crippen LogP contribution in [0, 0.1) is 6.07 Å². The van der Waals surface area contributed by atoms with Gasteiger partial charge in [-0.1, -0.05) is 12.1 Å². The molecule has 0 aliphatic rings. The smallest absolute Gasteiger partial charge is 0.255 e. The first-order valence-corrected chi connectivity index (χ1v) is 4.96. The monoisotopic (exact) mass is 228 g/mol. The Morgan fingerprint density at radius 2 is 2.00 bits per heavy atom. The number of phenolic OH excluding ortho intramolecular Hbond substituents is 2. The van der Waals surface area contributed by atoms with Crippen molar-refractivity contribution in [1.82, 2.24) is 0 Å². The van der Waals surface area contributed by atoms with Crippen molar-refractivity contribution >= 4 is 11.6 Å². The van der Waals surface area contributed by atoms with Crippen molar-refractivity contribution in [3.63, 3.8) is 0 Å². The summed E-state index contributed by atoms with van der Waals surface area (Å²) in [6, 6.07) is 13.5. The Morgan fingerprint density at radius 3 is 2.65 bits per heavy atom. The van der Waals surface area contributed by atoms with Gasteiger partial charge in [-0.15, -0.1) is 0 Å². The highest BCUT2D eigenvalue weighted by Gasteiger charge is 2.06. The van der Waals surface area contributed by atoms with Gasteiger partial charge in [0.15, 0.2) is 11.5 Å². The molecular formula is C13H10NO3. The van der Waals surface area contributed by atoms with Crippen molar-refractivity contribution in [2.45, 2.75) is 0 Å². The Labute approximate surface area is 98.2 Å². The van der Waals surface area contributed by atoms with Crippen LogP contribution in [0.5, 0.6) is 11.5 Å². The number of rotatable bonds is 2. The highest BCUT2D eigenvalue weighted by molar-refractivity contribution is 6.04. The largest absolute Gasteiger partial charge is 0.504 e. The second kappa shape index (κ2) is 4.57. The molecule has 0 spiro atoms. The molecule has 2 rings (SSSR count). The third-order valence-corrected chi connectivity index (χ3v) is 2.20. The molecule has 85 valence electrons. The number of aromatic hydroxyl groups is 2. The van der Waals surface area contributed by atoms with Gasteiger partial charge in [0.2, 0.25) is 0 Å². The van der Waals surface area contributed by atoms with Crippen LogP contribution in [0.3, 0.4) is 0 Å². The van der Waals surface area contributed by atoms with Gasteiger partial charge >= 0.3 is 0 Å². The minimum atomic E-state index is -0.299. The first kappa shape index (κ1) is 11.0. The van der Waals surface area contributed by atoms with Crippen molar-refractivity contribution in [3.8, 4) is 11.5 Å². The van der Waals surface area contributed by atoms with Crippen molar-refractivity contribution in [3.05, 3.63) is 54.1 Å². The molecule has 0 aromatic heterocycles. The van der Waals surface area contributed by atoms with Crippen molar-refractivity contribution < 1.29 is 15.0 Å². The van der Waals surface area contributed by atoms with E-state index in [1.54, 1.807) is 24.3 Å². The van der Waals surface area contributed by atoms with Crippen LogP contribution in [0.2, 0.25) is 0 Å². The summed E-state index contributed by atoms with van der Waals surface area (Å²) >= 11 is 0. The maximum Gasteiger partial charge on any atom is 0.255 e. The van der Waals surface area contributed by atoms with Crippen LogP contribution in [0.15, 0.2) is 42.5 Å². The van der Waals surface area contributed by atoms with Gasteiger partial charge in [0, 0.05) is 17.3 Å². The van der Waals surface area contributed by atoms with Crippen LogP contribution in [0.25, 0.3) is 0 Å². The number of phenols is 2. The lowest BCUT2D eigenvalue weighted by molar-refractivity contribution is 0.102. The van der Waals surface area contributed by atoms with Crippen LogP contribution >= 0.6 is 0 Å². The van der Waals surface area contributed by atoms with Crippen LogP contribution in [-0.2, 0) is 0 Å². The average Bonchev–Trinajstić information content (AvgIpc) is 2.35. The zero-order chi connectivity index (χ0) is 12.3. The Balaban J connectivity index is 2.16. The summed E-state index contributed by atoms with van der Waals surface area (Å²) in [7, 11) is 0. The lowest BCUT2D eigenvalue weighted by Crippen LogP contribution is -2.11. The molecule has 0 aliphatic carbocycles. The van der Waals surface area contributed by atoms with Crippen LogP contribution < -0.4 is 5.32 Å². The third-order valence-electron chi connectivity index (χ3n) is 2.20. The van der Waals surface area contributed by atoms with E-state index < -0.39 is 0 Å². The van der Waals surface area contributed by atoms with Crippen LogP contribution in [0.4, 0.5) is 5.69 Å². The number of hydrogen-bond acceptors (Lipinski definition) is 3. The van der Waals surface area contributed by atoms with E-state index in [0.717, 1.165) is 0 Å². The number of nitrogens with one attached hydrogen (secondary N) is 1. The molecule has 4 nitrogen and oxygen atoms in total. The fraction of sp³-hybridized carbons (Fsp3) is 0. The van der Waals surface area contributed by atoms with Gasteiger partial charge in [-0.3, -0.25) is 4.79 Å². The lowest BCUT2D eigenvalue weighted by atomic mass is 10.2. The minimum absolute atomic E-state index is 0.226. The zero-order valence-corrected chi connectivity index (χ0v) is 8.84. The molecule has 3 N–H and O–H groups in total. The molecule has 0 aliphatic heterocycles. The summed E-state index contributed by atoms with van der Waals surface area (Å²) in [6.45, 7) is 0. The Bertz CT molecular complexity index is 538. The number of anilines is 1. The third kappa shape index (κ3) is 2.55. The Hall–Kier alpha value is -2.49. The number of hydrogen-bond donors (Lipinski definition) is 3. The predicted molar refractivity (Wildman–Crippen MR) is 63.0 cm³/mol. The van der Waals surface area contributed by atoms with E-state index in [9.17, 15) is 9.90 Å². The van der Waals surface area contributed by atoms with E-state index in [4.69, 9.17) is 5.11 Å². The van der Waals surface area contributed by atoms with Gasteiger partial charge in [0.05, 0.1) is 0 Å². The molecule has 0 atom stereocenters. The summed E-state index contributed by atoms with van der Waals surface area (Å²) in [5.74, 6) is -0.801. The summed E-state index contributed by atoms with van der Waals surface area (Å²) < 4.78 is 0. The van der Waals surface area contributed by atoms with Crippen molar-refractivity contribution in [2.75, 3.05) is 5.32 Å². The minimum Gasteiger partial charge on any atom is -0.504 e. The van der Waals surface area contributed by atoms with Gasteiger partial charge in [-0.05, 0) is 30.3 Å². The zero-order valence-electron chi connectivity index (χ0n) is 8.84. The molecule has 4 heteroatoms. The molecule has 0 bridgehead atoms. The molecule has 0 fully saturated rings. The number of carbonyl (C=O) groups is 1. The first-order chi connectivity index (χ1) is 8.16. The summed E-state index contributed by atoms with van der Waals surface area (Å²) in [6.07, 6.45) is 0. The van der Waals surface area contributed by atoms with Crippen molar-refractivity contribution in [1.29, 1.82) is 0 Å². The van der Waals surface area contributed by atoms with Gasteiger partial charge in [0.1, 0.15) is 0 Å². The molecule has 0 saturated heterocycles. The quantitative estimate of drug-likeness (QED) is 0.545. The van der Waals surface area contributed by atoms with E-state index >= 15 is 0 Å². The highest BCUT2D eigenvalue weighted by Crippen LogP contribution is 2.27. The standard InChI is InChI=1S/C13H10NO3/c15-11-7-6-10(8-12(11)16)14-13(17)9-4-2-1-3-5-9/h1-2,4-8,15-16H,(H,14,17). The molecule has 0 saturated carbocycles. The topological polar surface area (TPSA) is 69.6 Å². The maximum atomic E-state index is 11.7. The average molecular weight is 228 g/mol. The van der Waals surface area contributed by atoms with Crippen LogP contribution in [0.1, 0.15) is 10.4 Å². The fourth-order valence-corrected chi connectivity index (χ4v) is 1.34. The number of carbonyl (C=O) groups excluding carboxylic acids is 1. The molecule has 0 unspecified atom stereocenters. The molecule has 1 amide bonds. The van der Waals surface area contributed by atoms with Gasteiger partial charge in [0.25, 0.3) is 5.91 Å². The molecule has 17 heavy (non-hydrogen) atoms. The summed E-state index contributed by atoms with van der Waals surface area (Å²) in [5, 5.41) is 21.0. The molecule has 0 heterocycles. The van der Waals surface area contributed by atoms with E-state index in [2.05, 4.69) is 11.4 Å². The Kier molecular flexibility index (Phi) is 2.96. The maximum absolute atomic E-state index is 11.7. The molecular weight excluding hydrogens is 218 g/mol.